The van der Waals surface area contributed by atoms with Crippen LogP contribution in [-0.4, -0.2) is 23.8 Å². The summed E-state index contributed by atoms with van der Waals surface area (Å²) >= 11 is 0. The second-order valence-electron chi connectivity index (χ2n) is 2.78. The van der Waals surface area contributed by atoms with Gasteiger partial charge in [0.25, 0.3) is 0 Å². The summed E-state index contributed by atoms with van der Waals surface area (Å²) in [5.74, 6) is 0. The molecular weight excluding hydrogens is 129 g/mol. The first-order chi connectivity index (χ1) is 4.63. The summed E-state index contributed by atoms with van der Waals surface area (Å²) < 4.78 is 0. The number of aryl methyl sites for hydroxylation is 2. The van der Waals surface area contributed by atoms with Crippen LogP contribution in [0.4, 0.5) is 0 Å². The van der Waals surface area contributed by atoms with Gasteiger partial charge in [0.15, 0.2) is 0 Å². The van der Waals surface area contributed by atoms with E-state index in [4.69, 9.17) is 0 Å². The summed E-state index contributed by atoms with van der Waals surface area (Å²) in [6.45, 7) is 8.39. The van der Waals surface area contributed by atoms with Crippen molar-refractivity contribution in [3.05, 3.63) is 28.6 Å². The van der Waals surface area contributed by atoms with Gasteiger partial charge < -0.3 is 0 Å². The molecular formula is C9H14LiN. The van der Waals surface area contributed by atoms with Crippen molar-refractivity contribution in [3.8, 4) is 0 Å². The first-order valence-electron chi connectivity index (χ1n) is 3.52. The molecule has 0 saturated carbocycles. The van der Waals surface area contributed by atoms with Gasteiger partial charge in [0.05, 0.1) is 0 Å². The van der Waals surface area contributed by atoms with Crippen LogP contribution in [0.25, 0.3) is 0 Å². The van der Waals surface area contributed by atoms with Gasteiger partial charge in [-0.2, -0.15) is 0 Å². The first-order valence-corrected chi connectivity index (χ1v) is 3.52. The van der Waals surface area contributed by atoms with E-state index in [1.165, 1.54) is 16.7 Å². The molecule has 0 spiro atoms. The van der Waals surface area contributed by atoms with Crippen molar-refractivity contribution in [2.24, 2.45) is 0 Å². The summed E-state index contributed by atoms with van der Waals surface area (Å²) in [7, 11) is 0. The summed E-state index contributed by atoms with van der Waals surface area (Å²) in [6, 6.07) is 0. The summed E-state index contributed by atoms with van der Waals surface area (Å²) in [5.41, 5.74) is 5.11. The molecule has 2 heteroatoms. The number of pyridine rings is 1. The second-order valence-corrected chi connectivity index (χ2v) is 2.78. The zero-order chi connectivity index (χ0) is 7.72. The predicted molar refractivity (Wildman–Crippen MR) is 50.3 cm³/mol. The maximum absolute atomic E-state index is 4.24. The van der Waals surface area contributed by atoms with Gasteiger partial charge in [0.2, 0.25) is 0 Å². The van der Waals surface area contributed by atoms with E-state index in [2.05, 4.69) is 25.8 Å². The molecule has 0 unspecified atom stereocenters. The molecule has 1 heterocycles. The number of hydrogen-bond donors (Lipinski definition) is 0. The average Bonchev–Trinajstić information content (AvgIpc) is 1.93. The molecule has 11 heavy (non-hydrogen) atoms. The Morgan fingerprint density at radius 3 is 2.00 bits per heavy atom. The minimum absolute atomic E-state index is 0. The topological polar surface area (TPSA) is 12.9 Å². The minimum atomic E-state index is 0. The molecule has 1 nitrogen and oxygen atoms in total. The Kier molecular flexibility index (Phi) is 3.86. The summed E-state index contributed by atoms with van der Waals surface area (Å²) in [6.07, 6.45) is 1.93. The van der Waals surface area contributed by atoms with Crippen LogP contribution in [-0.2, 0) is 0 Å². The van der Waals surface area contributed by atoms with Crippen LogP contribution in [0.15, 0.2) is 6.20 Å². The van der Waals surface area contributed by atoms with E-state index in [1.54, 1.807) is 0 Å². The van der Waals surface area contributed by atoms with Crippen LogP contribution in [0, 0.1) is 27.7 Å². The molecule has 0 saturated heterocycles. The van der Waals surface area contributed by atoms with Crippen molar-refractivity contribution in [3.63, 3.8) is 0 Å². The first kappa shape index (κ1) is 10.7. The zero-order valence-corrected chi connectivity index (χ0v) is 7.02. The van der Waals surface area contributed by atoms with Crippen LogP contribution in [0.1, 0.15) is 22.4 Å². The monoisotopic (exact) mass is 143 g/mol. The normalized spacial score (nSPS) is 9.09. The van der Waals surface area contributed by atoms with Gasteiger partial charge in [-0.25, -0.2) is 0 Å². The predicted octanol–water partition coefficient (Wildman–Crippen LogP) is 1.67. The van der Waals surface area contributed by atoms with Crippen molar-refractivity contribution in [2.45, 2.75) is 27.7 Å². The molecule has 1 aromatic rings. The van der Waals surface area contributed by atoms with Gasteiger partial charge in [-0.05, 0) is 44.4 Å². The molecule has 1 aromatic heterocycles. The Hall–Kier alpha value is -0.253. The van der Waals surface area contributed by atoms with E-state index >= 15 is 0 Å². The maximum atomic E-state index is 4.24. The van der Waals surface area contributed by atoms with Crippen LogP contribution in [0.3, 0.4) is 0 Å². The van der Waals surface area contributed by atoms with E-state index in [9.17, 15) is 0 Å². The Balaban J connectivity index is 0.000001000. The van der Waals surface area contributed by atoms with Gasteiger partial charge >= 0.3 is 18.9 Å². The van der Waals surface area contributed by atoms with E-state index in [0.717, 1.165) is 5.69 Å². The molecule has 0 aromatic carbocycles. The fourth-order valence-electron chi connectivity index (χ4n) is 0.954. The van der Waals surface area contributed by atoms with Gasteiger partial charge in [-0.1, -0.05) is 0 Å². The second kappa shape index (κ2) is 3.95. The molecule has 1 rings (SSSR count). The zero-order valence-electron chi connectivity index (χ0n) is 7.02. The van der Waals surface area contributed by atoms with Crippen molar-refractivity contribution in [1.82, 2.24) is 4.98 Å². The summed E-state index contributed by atoms with van der Waals surface area (Å²) in [5, 5.41) is 0. The molecule has 0 fully saturated rings. The molecule has 0 amide bonds. The van der Waals surface area contributed by atoms with Crippen LogP contribution >= 0.6 is 0 Å². The molecule has 0 N–H and O–H groups in total. The van der Waals surface area contributed by atoms with Crippen molar-refractivity contribution >= 4 is 18.9 Å². The number of nitrogens with zero attached hydrogens (tertiary/aromatic N) is 1. The standard InChI is InChI=1S/C9H13N.Li.H/c1-6-5-10-9(4)8(3)7(6)2;;/h5H,1-4H3;;. The number of rotatable bonds is 0. The third-order valence-corrected chi connectivity index (χ3v) is 2.15. The van der Waals surface area contributed by atoms with Gasteiger partial charge in [0.1, 0.15) is 0 Å². The molecule has 0 radical (unpaired) electrons. The van der Waals surface area contributed by atoms with Crippen molar-refractivity contribution < 1.29 is 0 Å². The fourth-order valence-corrected chi connectivity index (χ4v) is 0.954. The van der Waals surface area contributed by atoms with E-state index < -0.39 is 0 Å². The average molecular weight is 143 g/mol. The van der Waals surface area contributed by atoms with E-state index in [1.807, 2.05) is 13.1 Å². The Morgan fingerprint density at radius 2 is 1.55 bits per heavy atom. The van der Waals surface area contributed by atoms with E-state index in [-0.39, 0.29) is 18.9 Å². The fraction of sp³-hybridized carbons (Fsp3) is 0.444. The molecule has 0 aliphatic rings. The Morgan fingerprint density at radius 1 is 1.00 bits per heavy atom. The van der Waals surface area contributed by atoms with Crippen LogP contribution in [0.5, 0.6) is 0 Å². The Labute approximate surface area is 80.4 Å². The number of aromatic nitrogens is 1. The molecule has 0 bridgehead atoms. The Bertz CT molecular complexity index is 229. The van der Waals surface area contributed by atoms with Crippen molar-refractivity contribution in [2.75, 3.05) is 0 Å². The third kappa shape index (κ3) is 2.09. The third-order valence-electron chi connectivity index (χ3n) is 2.15. The van der Waals surface area contributed by atoms with Gasteiger partial charge in [-0.3, -0.25) is 4.98 Å². The molecule has 0 atom stereocenters. The quantitative estimate of drug-likeness (QED) is 0.503. The van der Waals surface area contributed by atoms with Crippen LogP contribution in [0.2, 0.25) is 0 Å². The SMILES string of the molecule is Cc1cnc(C)c(C)c1C.[LiH]. The van der Waals surface area contributed by atoms with Crippen LogP contribution < -0.4 is 0 Å². The number of hydrogen-bond acceptors (Lipinski definition) is 1. The summed E-state index contributed by atoms with van der Waals surface area (Å²) in [4.78, 5) is 4.24. The molecule has 0 aliphatic heterocycles. The van der Waals surface area contributed by atoms with Gasteiger partial charge in [0, 0.05) is 11.9 Å². The van der Waals surface area contributed by atoms with Crippen molar-refractivity contribution in [1.29, 1.82) is 0 Å². The molecule has 56 valence electrons. The van der Waals surface area contributed by atoms with E-state index in [0.29, 0.717) is 0 Å². The van der Waals surface area contributed by atoms with Gasteiger partial charge in [-0.15, -0.1) is 0 Å². The molecule has 0 aliphatic carbocycles.